The first-order valence-electron chi connectivity index (χ1n) is 9.55. The number of aromatic nitrogens is 3. The Morgan fingerprint density at radius 2 is 1.92 bits per heavy atom. The Bertz CT molecular complexity index is 752. The van der Waals surface area contributed by atoms with Crippen molar-refractivity contribution in [2.45, 2.75) is 63.6 Å². The van der Waals surface area contributed by atoms with E-state index in [2.05, 4.69) is 15.0 Å². The smallest absolute Gasteiger partial charge is 0.266 e. The maximum Gasteiger partial charge on any atom is 0.266 e. The molecule has 5 heteroatoms. The number of likely N-dealkylation sites (tertiary alicyclic amines) is 1. The summed E-state index contributed by atoms with van der Waals surface area (Å²) in [7, 11) is 0. The molecule has 1 saturated carbocycles. The molecular formula is C20H26N4O. The summed E-state index contributed by atoms with van der Waals surface area (Å²) in [6.45, 7) is 1.87. The Kier molecular flexibility index (Phi) is 4.92. The van der Waals surface area contributed by atoms with E-state index in [0.29, 0.717) is 18.6 Å². The van der Waals surface area contributed by atoms with E-state index in [1.54, 1.807) is 29.2 Å². The number of hydrogen-bond donors (Lipinski definition) is 0. The lowest BCUT2D eigenvalue weighted by molar-refractivity contribution is 0.128. The molecule has 1 atom stereocenters. The van der Waals surface area contributed by atoms with Crippen molar-refractivity contribution in [3.05, 3.63) is 47.0 Å². The van der Waals surface area contributed by atoms with Crippen molar-refractivity contribution < 1.29 is 0 Å². The highest BCUT2D eigenvalue weighted by atomic mass is 16.1. The van der Waals surface area contributed by atoms with Crippen LogP contribution in [0.4, 0.5) is 0 Å². The van der Waals surface area contributed by atoms with Gasteiger partial charge in [-0.3, -0.25) is 14.7 Å². The van der Waals surface area contributed by atoms with Gasteiger partial charge in [-0.1, -0.05) is 19.3 Å². The van der Waals surface area contributed by atoms with Crippen molar-refractivity contribution in [3.63, 3.8) is 0 Å². The molecule has 2 aliphatic rings. The highest BCUT2D eigenvalue weighted by Crippen LogP contribution is 2.29. The molecule has 25 heavy (non-hydrogen) atoms. The van der Waals surface area contributed by atoms with Crippen LogP contribution in [0.2, 0.25) is 0 Å². The maximum atomic E-state index is 12.3. The zero-order chi connectivity index (χ0) is 17.1. The van der Waals surface area contributed by atoms with Gasteiger partial charge in [0.25, 0.3) is 5.56 Å². The molecule has 1 saturated heterocycles. The van der Waals surface area contributed by atoms with Gasteiger partial charge in [0.1, 0.15) is 0 Å². The molecule has 0 spiro atoms. The van der Waals surface area contributed by atoms with Gasteiger partial charge in [0, 0.05) is 36.1 Å². The average molecular weight is 338 g/mol. The van der Waals surface area contributed by atoms with Gasteiger partial charge < -0.3 is 0 Å². The SMILES string of the molecule is O=c1ccc(-c2cccnc2)nn1CC1CCCN1C1CCCCC1. The first-order valence-corrected chi connectivity index (χ1v) is 9.55. The standard InChI is InChI=1S/C20H26N4O/c25-20-11-10-19(16-6-4-12-21-14-16)22-24(20)15-18-9-5-13-23(18)17-7-2-1-3-8-17/h4,6,10-12,14,17-18H,1-3,5,7-9,13,15H2. The highest BCUT2D eigenvalue weighted by molar-refractivity contribution is 5.56. The first kappa shape index (κ1) is 16.5. The van der Waals surface area contributed by atoms with Crippen LogP contribution >= 0.6 is 0 Å². The van der Waals surface area contributed by atoms with Crippen molar-refractivity contribution in [1.29, 1.82) is 0 Å². The summed E-state index contributed by atoms with van der Waals surface area (Å²) >= 11 is 0. The van der Waals surface area contributed by atoms with Crippen LogP contribution in [0.3, 0.4) is 0 Å². The van der Waals surface area contributed by atoms with Gasteiger partial charge in [-0.05, 0) is 50.4 Å². The van der Waals surface area contributed by atoms with Crippen molar-refractivity contribution in [2.75, 3.05) is 6.54 Å². The summed E-state index contributed by atoms with van der Waals surface area (Å²) in [6, 6.07) is 8.46. The minimum absolute atomic E-state index is 0.0110. The Morgan fingerprint density at radius 1 is 1.04 bits per heavy atom. The Hall–Kier alpha value is -2.01. The third kappa shape index (κ3) is 3.66. The summed E-state index contributed by atoms with van der Waals surface area (Å²) in [5.41, 5.74) is 1.75. The molecule has 132 valence electrons. The quantitative estimate of drug-likeness (QED) is 0.859. The third-order valence-electron chi connectivity index (χ3n) is 5.67. The van der Waals surface area contributed by atoms with Crippen LogP contribution < -0.4 is 5.56 Å². The summed E-state index contributed by atoms with van der Waals surface area (Å²) in [5.74, 6) is 0. The van der Waals surface area contributed by atoms with Gasteiger partial charge in [-0.15, -0.1) is 0 Å². The van der Waals surface area contributed by atoms with Crippen molar-refractivity contribution in [1.82, 2.24) is 19.7 Å². The van der Waals surface area contributed by atoms with Crippen molar-refractivity contribution in [2.24, 2.45) is 0 Å². The molecule has 0 radical (unpaired) electrons. The fourth-order valence-electron chi connectivity index (χ4n) is 4.40. The van der Waals surface area contributed by atoms with E-state index in [1.165, 1.54) is 51.5 Å². The highest BCUT2D eigenvalue weighted by Gasteiger charge is 2.31. The molecule has 0 N–H and O–H groups in total. The molecule has 0 bridgehead atoms. The van der Waals surface area contributed by atoms with Crippen LogP contribution in [-0.2, 0) is 6.54 Å². The van der Waals surface area contributed by atoms with Crippen LogP contribution in [0.5, 0.6) is 0 Å². The van der Waals surface area contributed by atoms with Gasteiger partial charge in [0.05, 0.1) is 12.2 Å². The van der Waals surface area contributed by atoms with Gasteiger partial charge in [-0.2, -0.15) is 5.10 Å². The molecule has 2 aromatic heterocycles. The van der Waals surface area contributed by atoms with Crippen molar-refractivity contribution >= 4 is 0 Å². The van der Waals surface area contributed by atoms with Gasteiger partial charge in [0.2, 0.25) is 0 Å². The largest absolute Gasteiger partial charge is 0.296 e. The zero-order valence-corrected chi connectivity index (χ0v) is 14.7. The normalized spacial score (nSPS) is 22.3. The van der Waals surface area contributed by atoms with E-state index < -0.39 is 0 Å². The van der Waals surface area contributed by atoms with Crippen LogP contribution in [-0.4, -0.2) is 38.3 Å². The van der Waals surface area contributed by atoms with Gasteiger partial charge in [-0.25, -0.2) is 4.68 Å². The summed E-state index contributed by atoms with van der Waals surface area (Å²) in [5, 5.41) is 4.62. The molecule has 2 fully saturated rings. The van der Waals surface area contributed by atoms with E-state index in [4.69, 9.17) is 0 Å². The second-order valence-electron chi connectivity index (χ2n) is 7.31. The second-order valence-corrected chi connectivity index (χ2v) is 7.31. The second kappa shape index (κ2) is 7.48. The number of nitrogens with zero attached hydrogens (tertiary/aromatic N) is 4. The third-order valence-corrected chi connectivity index (χ3v) is 5.67. The first-order chi connectivity index (χ1) is 12.3. The van der Waals surface area contributed by atoms with E-state index in [0.717, 1.165) is 11.3 Å². The molecule has 0 aromatic carbocycles. The fraction of sp³-hybridized carbons (Fsp3) is 0.550. The molecule has 1 aliphatic carbocycles. The van der Waals surface area contributed by atoms with E-state index in [1.807, 2.05) is 12.1 Å². The zero-order valence-electron chi connectivity index (χ0n) is 14.7. The molecule has 1 unspecified atom stereocenters. The van der Waals surface area contributed by atoms with Gasteiger partial charge in [0.15, 0.2) is 0 Å². The molecule has 3 heterocycles. The predicted molar refractivity (Wildman–Crippen MR) is 98.3 cm³/mol. The fourth-order valence-corrected chi connectivity index (χ4v) is 4.40. The van der Waals surface area contributed by atoms with E-state index >= 15 is 0 Å². The van der Waals surface area contributed by atoms with Crippen molar-refractivity contribution in [3.8, 4) is 11.3 Å². The Labute approximate surface area is 148 Å². The summed E-state index contributed by atoms with van der Waals surface area (Å²) in [6.07, 6.45) is 12.7. The predicted octanol–water partition coefficient (Wildman–Crippen LogP) is 3.10. The number of pyridine rings is 1. The summed E-state index contributed by atoms with van der Waals surface area (Å²) in [4.78, 5) is 19.2. The van der Waals surface area contributed by atoms with Crippen LogP contribution in [0, 0.1) is 0 Å². The Morgan fingerprint density at radius 3 is 2.72 bits per heavy atom. The minimum Gasteiger partial charge on any atom is -0.296 e. The van der Waals surface area contributed by atoms with E-state index in [9.17, 15) is 4.79 Å². The Balaban J connectivity index is 1.54. The lowest BCUT2D eigenvalue weighted by Gasteiger charge is -2.35. The molecule has 2 aromatic rings. The van der Waals surface area contributed by atoms with E-state index in [-0.39, 0.29) is 5.56 Å². The molecule has 5 nitrogen and oxygen atoms in total. The maximum absolute atomic E-state index is 12.3. The van der Waals surface area contributed by atoms with Crippen LogP contribution in [0.15, 0.2) is 41.5 Å². The lowest BCUT2D eigenvalue weighted by Crippen LogP contribution is -2.43. The molecule has 0 amide bonds. The number of rotatable bonds is 4. The average Bonchev–Trinajstić information content (AvgIpc) is 3.13. The monoisotopic (exact) mass is 338 g/mol. The van der Waals surface area contributed by atoms with Crippen LogP contribution in [0.1, 0.15) is 44.9 Å². The molecular weight excluding hydrogens is 312 g/mol. The minimum atomic E-state index is -0.0110. The topological polar surface area (TPSA) is 51.0 Å². The molecule has 1 aliphatic heterocycles. The lowest BCUT2D eigenvalue weighted by atomic mass is 9.94. The molecule has 4 rings (SSSR count). The number of hydrogen-bond acceptors (Lipinski definition) is 4. The van der Waals surface area contributed by atoms with Crippen LogP contribution in [0.25, 0.3) is 11.3 Å². The summed E-state index contributed by atoms with van der Waals surface area (Å²) < 4.78 is 1.66. The van der Waals surface area contributed by atoms with Gasteiger partial charge >= 0.3 is 0 Å².